The molecule has 0 unspecified atom stereocenters. The number of nitrogens with two attached hydrogens (primary N) is 1. The van der Waals surface area contributed by atoms with Crippen molar-refractivity contribution in [2.45, 2.75) is 13.5 Å². The van der Waals surface area contributed by atoms with E-state index in [-0.39, 0.29) is 6.54 Å². The average molecular weight is 362 g/mol. The molecule has 3 N–H and O–H groups in total. The normalized spacial score (nSPS) is 11.2. The maximum absolute atomic E-state index is 11.4. The summed E-state index contributed by atoms with van der Waals surface area (Å²) in [5.74, 6) is 0.153. The lowest BCUT2D eigenvalue weighted by atomic mass is 10.00. The molecule has 0 aliphatic heterocycles. The molecule has 27 heavy (non-hydrogen) atoms. The van der Waals surface area contributed by atoms with Crippen molar-refractivity contribution in [3.63, 3.8) is 0 Å². The van der Waals surface area contributed by atoms with Gasteiger partial charge in [-0.2, -0.15) is 0 Å². The van der Waals surface area contributed by atoms with Gasteiger partial charge in [-0.25, -0.2) is 9.97 Å². The number of aromatic nitrogens is 3. The van der Waals surface area contributed by atoms with Gasteiger partial charge in [0.2, 0.25) is 0 Å². The van der Waals surface area contributed by atoms with Crippen LogP contribution in [0.4, 0.5) is 5.82 Å². The van der Waals surface area contributed by atoms with Crippen molar-refractivity contribution >= 4 is 33.7 Å². The fourth-order valence-electron chi connectivity index (χ4n) is 3.55. The second kappa shape index (κ2) is 6.28. The van der Waals surface area contributed by atoms with E-state index in [2.05, 4.69) is 9.97 Å². The van der Waals surface area contributed by atoms with Gasteiger partial charge in [-0.05, 0) is 47.9 Å². The summed E-state index contributed by atoms with van der Waals surface area (Å²) in [5, 5.41) is 10.8. The molecule has 0 fully saturated rings. The summed E-state index contributed by atoms with van der Waals surface area (Å²) in [6.45, 7) is 1.75. The van der Waals surface area contributed by atoms with Gasteiger partial charge in [-0.1, -0.05) is 12.1 Å². The Morgan fingerprint density at radius 1 is 1.22 bits per heavy atom. The van der Waals surface area contributed by atoms with Crippen LogP contribution in [0.3, 0.4) is 0 Å². The molecule has 0 amide bonds. The number of hydrogen-bond donors (Lipinski definition) is 2. The van der Waals surface area contributed by atoms with Crippen LogP contribution in [0.25, 0.3) is 33.1 Å². The average Bonchev–Trinajstić information content (AvgIpc) is 2.96. The van der Waals surface area contributed by atoms with Crippen molar-refractivity contribution in [1.82, 2.24) is 14.5 Å². The van der Waals surface area contributed by atoms with Gasteiger partial charge in [-0.3, -0.25) is 4.79 Å². The first-order chi connectivity index (χ1) is 13.0. The number of hydrogen-bond acceptors (Lipinski definition) is 5. The van der Waals surface area contributed by atoms with E-state index in [0.29, 0.717) is 16.9 Å². The monoisotopic (exact) mass is 362 g/mol. The van der Waals surface area contributed by atoms with Gasteiger partial charge in [-0.15, -0.1) is 0 Å². The maximum Gasteiger partial charge on any atom is 0.323 e. The fourth-order valence-corrected chi connectivity index (χ4v) is 3.55. The first-order valence-electron chi connectivity index (χ1n) is 8.39. The molecule has 0 spiro atoms. The molecular weight excluding hydrogens is 344 g/mol. The Morgan fingerprint density at radius 3 is 2.78 bits per heavy atom. The summed E-state index contributed by atoms with van der Waals surface area (Å²) in [6, 6.07) is 11.8. The molecule has 0 bridgehead atoms. The van der Waals surface area contributed by atoms with Crippen molar-refractivity contribution < 1.29 is 14.6 Å². The smallest absolute Gasteiger partial charge is 0.323 e. The van der Waals surface area contributed by atoms with Gasteiger partial charge in [0.05, 0.1) is 18.0 Å². The molecule has 2 heterocycles. The summed E-state index contributed by atoms with van der Waals surface area (Å²) >= 11 is 0. The summed E-state index contributed by atoms with van der Waals surface area (Å²) in [5.41, 5.74) is 10.3. The largest absolute Gasteiger partial charge is 0.497 e. The van der Waals surface area contributed by atoms with Gasteiger partial charge >= 0.3 is 5.97 Å². The maximum atomic E-state index is 11.4. The molecule has 0 saturated heterocycles. The second-order valence-corrected chi connectivity index (χ2v) is 6.36. The molecule has 136 valence electrons. The van der Waals surface area contributed by atoms with E-state index >= 15 is 0 Å². The number of methoxy groups -OCH3 is 1. The van der Waals surface area contributed by atoms with Crippen LogP contribution in [0.15, 0.2) is 42.7 Å². The van der Waals surface area contributed by atoms with Crippen molar-refractivity contribution in [3.8, 4) is 16.9 Å². The topological polar surface area (TPSA) is 103 Å². The number of nitrogen functional groups attached to an aromatic ring is 1. The van der Waals surface area contributed by atoms with Gasteiger partial charge < -0.3 is 20.1 Å². The van der Waals surface area contributed by atoms with Crippen LogP contribution in [0.5, 0.6) is 5.75 Å². The highest BCUT2D eigenvalue weighted by Crippen LogP contribution is 2.36. The predicted molar refractivity (Wildman–Crippen MR) is 104 cm³/mol. The molecule has 0 radical (unpaired) electrons. The third-order valence-electron chi connectivity index (χ3n) is 4.65. The molecule has 2 aromatic heterocycles. The Hall–Kier alpha value is -3.61. The Morgan fingerprint density at radius 2 is 2.04 bits per heavy atom. The molecule has 7 nitrogen and oxygen atoms in total. The van der Waals surface area contributed by atoms with Crippen LogP contribution >= 0.6 is 0 Å². The van der Waals surface area contributed by atoms with E-state index in [9.17, 15) is 9.90 Å². The second-order valence-electron chi connectivity index (χ2n) is 6.36. The Labute approximate surface area is 155 Å². The number of anilines is 1. The SMILES string of the molecule is COc1cccc(-c2cc(C)c3c(c2)c2c(N)ncnc2n3CC(=O)O)c1. The summed E-state index contributed by atoms with van der Waals surface area (Å²) in [4.78, 5) is 19.8. The van der Waals surface area contributed by atoms with E-state index in [4.69, 9.17) is 10.5 Å². The minimum absolute atomic E-state index is 0.199. The number of carboxylic acid groups (broad SMARTS) is 1. The van der Waals surface area contributed by atoms with Crippen molar-refractivity contribution in [2.24, 2.45) is 0 Å². The molecule has 7 heteroatoms. The number of nitrogens with zero attached hydrogens (tertiary/aromatic N) is 3. The van der Waals surface area contributed by atoms with E-state index in [1.165, 1.54) is 6.33 Å². The first kappa shape index (κ1) is 16.8. The zero-order valence-electron chi connectivity index (χ0n) is 14.9. The molecule has 2 aromatic carbocycles. The standard InChI is InChI=1S/C20H18N4O3/c1-11-6-13(12-4-3-5-14(7-12)27-2)8-15-17-19(21)22-10-23-20(17)24(18(11)15)9-16(25)26/h3-8,10H,9H2,1-2H3,(H,25,26)(H2,21,22,23). The summed E-state index contributed by atoms with van der Waals surface area (Å²) in [6.07, 6.45) is 1.35. The van der Waals surface area contributed by atoms with E-state index in [0.717, 1.165) is 33.3 Å². The quantitative estimate of drug-likeness (QED) is 0.578. The minimum atomic E-state index is -0.942. The van der Waals surface area contributed by atoms with Crippen molar-refractivity contribution in [2.75, 3.05) is 12.8 Å². The minimum Gasteiger partial charge on any atom is -0.497 e. The summed E-state index contributed by atoms with van der Waals surface area (Å²) in [7, 11) is 1.63. The molecule has 0 aliphatic carbocycles. The number of rotatable bonds is 4. The fraction of sp³-hybridized carbons (Fsp3) is 0.150. The Kier molecular flexibility index (Phi) is 3.92. The zero-order valence-corrected chi connectivity index (χ0v) is 14.9. The van der Waals surface area contributed by atoms with Crippen LogP contribution in [-0.4, -0.2) is 32.7 Å². The van der Waals surface area contributed by atoms with Gasteiger partial charge in [0.25, 0.3) is 0 Å². The van der Waals surface area contributed by atoms with Crippen molar-refractivity contribution in [3.05, 3.63) is 48.3 Å². The van der Waals surface area contributed by atoms with Crippen LogP contribution in [0.1, 0.15) is 5.56 Å². The third kappa shape index (κ3) is 2.73. The molecular formula is C20H18N4O3. The Bertz CT molecular complexity index is 1200. The lowest BCUT2D eigenvalue weighted by Gasteiger charge is -2.09. The Balaban J connectivity index is 2.07. The van der Waals surface area contributed by atoms with Gasteiger partial charge in [0.1, 0.15) is 30.1 Å². The molecule has 0 aliphatic rings. The van der Waals surface area contributed by atoms with Crippen LogP contribution in [-0.2, 0) is 11.3 Å². The van der Waals surface area contributed by atoms with Gasteiger partial charge in [0, 0.05) is 5.39 Å². The number of carboxylic acids is 1. The highest BCUT2D eigenvalue weighted by Gasteiger charge is 2.19. The van der Waals surface area contributed by atoms with Crippen LogP contribution in [0, 0.1) is 6.92 Å². The number of aryl methyl sites for hydroxylation is 1. The zero-order chi connectivity index (χ0) is 19.1. The van der Waals surface area contributed by atoms with E-state index in [1.807, 2.05) is 43.3 Å². The number of benzene rings is 2. The predicted octanol–water partition coefficient (Wildman–Crippen LogP) is 3.24. The molecule has 4 rings (SSSR count). The van der Waals surface area contributed by atoms with E-state index in [1.54, 1.807) is 11.7 Å². The molecule has 0 saturated carbocycles. The molecule has 0 atom stereocenters. The highest BCUT2D eigenvalue weighted by atomic mass is 16.5. The summed E-state index contributed by atoms with van der Waals surface area (Å²) < 4.78 is 7.00. The van der Waals surface area contributed by atoms with Crippen molar-refractivity contribution in [1.29, 1.82) is 0 Å². The van der Waals surface area contributed by atoms with E-state index < -0.39 is 5.97 Å². The third-order valence-corrected chi connectivity index (χ3v) is 4.65. The number of aliphatic carboxylic acids is 1. The number of ether oxygens (including phenoxy) is 1. The number of fused-ring (bicyclic) bond motifs is 3. The highest BCUT2D eigenvalue weighted by molar-refractivity contribution is 6.13. The first-order valence-corrected chi connectivity index (χ1v) is 8.39. The van der Waals surface area contributed by atoms with Crippen LogP contribution in [0.2, 0.25) is 0 Å². The molecule has 4 aromatic rings. The van der Waals surface area contributed by atoms with Gasteiger partial charge in [0.15, 0.2) is 0 Å². The number of carbonyl (C=O) groups is 1. The lowest BCUT2D eigenvalue weighted by molar-refractivity contribution is -0.137. The lowest BCUT2D eigenvalue weighted by Crippen LogP contribution is -2.09. The van der Waals surface area contributed by atoms with Crippen LogP contribution < -0.4 is 10.5 Å².